The Balaban J connectivity index is 2.16. The Morgan fingerprint density at radius 1 is 1.53 bits per heavy atom. The zero-order chi connectivity index (χ0) is 12.3. The number of hydrogen-bond donors (Lipinski definition) is 2. The summed E-state index contributed by atoms with van der Waals surface area (Å²) < 4.78 is 0. The van der Waals surface area contributed by atoms with Crippen LogP contribution in [0.4, 0.5) is 10.9 Å². The summed E-state index contributed by atoms with van der Waals surface area (Å²) in [6, 6.07) is 3.91. The number of nitrogens with zero attached hydrogens (tertiary/aromatic N) is 2. The van der Waals surface area contributed by atoms with Crippen molar-refractivity contribution in [2.75, 3.05) is 5.32 Å². The molecule has 0 atom stereocenters. The highest BCUT2D eigenvalue weighted by atomic mass is 32.1. The standard InChI is InChI=1S/C11H12N4OS/c1-2-7-3-4-13-9(5-7)15-11-14-6-8(17-11)10(12)16/h3-6H,2H2,1H3,(H2,12,16)(H,13,14,15). The van der Waals surface area contributed by atoms with Crippen molar-refractivity contribution in [1.82, 2.24) is 9.97 Å². The lowest BCUT2D eigenvalue weighted by atomic mass is 10.2. The predicted octanol–water partition coefficient (Wildman–Crippen LogP) is 1.94. The molecular weight excluding hydrogens is 236 g/mol. The fraction of sp³-hybridized carbons (Fsp3) is 0.182. The van der Waals surface area contributed by atoms with Gasteiger partial charge in [-0.25, -0.2) is 9.97 Å². The summed E-state index contributed by atoms with van der Waals surface area (Å²) in [7, 11) is 0. The normalized spacial score (nSPS) is 10.2. The van der Waals surface area contributed by atoms with Gasteiger partial charge >= 0.3 is 0 Å². The van der Waals surface area contributed by atoms with Crippen molar-refractivity contribution in [3.05, 3.63) is 35.0 Å². The first-order valence-corrected chi connectivity index (χ1v) is 5.98. The van der Waals surface area contributed by atoms with Gasteiger partial charge in [-0.05, 0) is 24.1 Å². The molecule has 2 aromatic rings. The average molecular weight is 248 g/mol. The molecule has 1 amide bonds. The Bertz CT molecular complexity index is 538. The maximum atomic E-state index is 10.9. The summed E-state index contributed by atoms with van der Waals surface area (Å²) >= 11 is 1.21. The molecule has 2 rings (SSSR count). The van der Waals surface area contributed by atoms with E-state index in [2.05, 4.69) is 22.2 Å². The van der Waals surface area contributed by atoms with Crippen LogP contribution in [0.2, 0.25) is 0 Å². The van der Waals surface area contributed by atoms with Gasteiger partial charge in [0.1, 0.15) is 10.7 Å². The number of hydrogen-bond acceptors (Lipinski definition) is 5. The second-order valence-electron chi connectivity index (χ2n) is 3.42. The summed E-state index contributed by atoms with van der Waals surface area (Å²) in [6.07, 6.45) is 4.14. The molecule has 17 heavy (non-hydrogen) atoms. The Morgan fingerprint density at radius 3 is 3.00 bits per heavy atom. The summed E-state index contributed by atoms with van der Waals surface area (Å²) in [6.45, 7) is 2.08. The Hall–Kier alpha value is -1.95. The molecule has 2 heterocycles. The van der Waals surface area contributed by atoms with Crippen LogP contribution in [0.1, 0.15) is 22.2 Å². The van der Waals surface area contributed by atoms with Crippen LogP contribution in [0.25, 0.3) is 0 Å². The third-order valence-electron chi connectivity index (χ3n) is 2.22. The Kier molecular flexibility index (Phi) is 3.34. The lowest BCUT2D eigenvalue weighted by Gasteiger charge is -2.02. The molecule has 0 radical (unpaired) electrons. The number of primary amides is 1. The van der Waals surface area contributed by atoms with Crippen molar-refractivity contribution in [3.63, 3.8) is 0 Å². The van der Waals surface area contributed by atoms with Crippen LogP contribution in [-0.4, -0.2) is 15.9 Å². The third-order valence-corrected chi connectivity index (χ3v) is 3.14. The molecular formula is C11H12N4OS. The molecule has 88 valence electrons. The molecule has 0 aliphatic heterocycles. The number of aromatic nitrogens is 2. The highest BCUT2D eigenvalue weighted by molar-refractivity contribution is 7.17. The molecule has 0 saturated carbocycles. The number of amides is 1. The molecule has 0 aliphatic carbocycles. The zero-order valence-corrected chi connectivity index (χ0v) is 10.1. The van der Waals surface area contributed by atoms with E-state index < -0.39 is 5.91 Å². The maximum Gasteiger partial charge on any atom is 0.260 e. The van der Waals surface area contributed by atoms with Crippen LogP contribution in [0.15, 0.2) is 24.5 Å². The highest BCUT2D eigenvalue weighted by Crippen LogP contribution is 2.21. The fourth-order valence-electron chi connectivity index (χ4n) is 1.32. The van der Waals surface area contributed by atoms with Gasteiger partial charge in [-0.1, -0.05) is 18.3 Å². The minimum atomic E-state index is -0.467. The van der Waals surface area contributed by atoms with E-state index in [0.29, 0.717) is 10.0 Å². The summed E-state index contributed by atoms with van der Waals surface area (Å²) in [5.41, 5.74) is 6.34. The van der Waals surface area contributed by atoms with Crippen molar-refractivity contribution in [2.24, 2.45) is 5.73 Å². The van der Waals surface area contributed by atoms with Gasteiger partial charge in [-0.15, -0.1) is 0 Å². The molecule has 0 aliphatic rings. The van der Waals surface area contributed by atoms with Gasteiger partial charge in [0.2, 0.25) is 0 Å². The predicted molar refractivity (Wildman–Crippen MR) is 67.5 cm³/mol. The van der Waals surface area contributed by atoms with Crippen molar-refractivity contribution < 1.29 is 4.79 Å². The molecule has 0 fully saturated rings. The highest BCUT2D eigenvalue weighted by Gasteiger charge is 2.07. The van der Waals surface area contributed by atoms with Crippen molar-refractivity contribution in [2.45, 2.75) is 13.3 Å². The molecule has 6 heteroatoms. The minimum Gasteiger partial charge on any atom is -0.365 e. The van der Waals surface area contributed by atoms with Gasteiger partial charge < -0.3 is 11.1 Å². The molecule has 0 spiro atoms. The number of nitrogens with two attached hydrogens (primary N) is 1. The van der Waals surface area contributed by atoms with E-state index in [9.17, 15) is 4.79 Å². The molecule has 0 unspecified atom stereocenters. The van der Waals surface area contributed by atoms with E-state index in [-0.39, 0.29) is 0 Å². The van der Waals surface area contributed by atoms with Gasteiger partial charge in [-0.2, -0.15) is 0 Å². The summed E-state index contributed by atoms with van der Waals surface area (Å²) in [4.78, 5) is 19.6. The first-order chi connectivity index (χ1) is 8.19. The third kappa shape index (κ3) is 2.79. The van der Waals surface area contributed by atoms with Gasteiger partial charge in [0, 0.05) is 6.20 Å². The Labute approximate surface area is 103 Å². The van der Waals surface area contributed by atoms with Crippen molar-refractivity contribution in [3.8, 4) is 0 Å². The number of carbonyl (C=O) groups is 1. The van der Waals surface area contributed by atoms with Gasteiger partial charge in [0.15, 0.2) is 5.13 Å². The van der Waals surface area contributed by atoms with Crippen molar-refractivity contribution in [1.29, 1.82) is 0 Å². The van der Waals surface area contributed by atoms with Crippen molar-refractivity contribution >= 4 is 28.2 Å². The van der Waals surface area contributed by atoms with E-state index in [1.54, 1.807) is 6.20 Å². The summed E-state index contributed by atoms with van der Waals surface area (Å²) in [5.74, 6) is 0.250. The zero-order valence-electron chi connectivity index (χ0n) is 9.30. The second-order valence-corrected chi connectivity index (χ2v) is 4.45. The molecule has 0 aromatic carbocycles. The Morgan fingerprint density at radius 2 is 2.35 bits per heavy atom. The van der Waals surface area contributed by atoms with E-state index in [1.807, 2.05) is 12.1 Å². The van der Waals surface area contributed by atoms with Gasteiger partial charge in [0.05, 0.1) is 6.20 Å². The monoisotopic (exact) mass is 248 g/mol. The fourth-order valence-corrected chi connectivity index (χ4v) is 1.99. The number of rotatable bonds is 4. The smallest absolute Gasteiger partial charge is 0.260 e. The number of anilines is 2. The number of carbonyl (C=O) groups excluding carboxylic acids is 1. The van der Waals surface area contributed by atoms with Crippen LogP contribution >= 0.6 is 11.3 Å². The second kappa shape index (κ2) is 4.92. The molecule has 0 saturated heterocycles. The average Bonchev–Trinajstić information content (AvgIpc) is 2.78. The number of pyridine rings is 1. The van der Waals surface area contributed by atoms with Gasteiger partial charge in [-0.3, -0.25) is 4.79 Å². The number of aryl methyl sites for hydroxylation is 1. The molecule has 2 aromatic heterocycles. The largest absolute Gasteiger partial charge is 0.365 e. The molecule has 0 bridgehead atoms. The molecule has 3 N–H and O–H groups in total. The topological polar surface area (TPSA) is 80.9 Å². The van der Waals surface area contributed by atoms with Crippen LogP contribution in [-0.2, 0) is 6.42 Å². The SMILES string of the molecule is CCc1ccnc(Nc2ncc(C(N)=O)s2)c1. The van der Waals surface area contributed by atoms with Crippen LogP contribution in [0, 0.1) is 0 Å². The van der Waals surface area contributed by atoms with Gasteiger partial charge in [0.25, 0.3) is 5.91 Å². The van der Waals surface area contributed by atoms with Crippen LogP contribution < -0.4 is 11.1 Å². The van der Waals surface area contributed by atoms with E-state index >= 15 is 0 Å². The lowest BCUT2D eigenvalue weighted by Crippen LogP contribution is -2.08. The lowest BCUT2D eigenvalue weighted by molar-refractivity contribution is 0.100. The van der Waals surface area contributed by atoms with E-state index in [4.69, 9.17) is 5.73 Å². The minimum absolute atomic E-state index is 0.430. The molecule has 5 nitrogen and oxygen atoms in total. The first kappa shape index (κ1) is 11.5. The summed E-state index contributed by atoms with van der Waals surface area (Å²) in [5, 5.41) is 3.65. The number of thiazole rings is 1. The maximum absolute atomic E-state index is 10.9. The first-order valence-electron chi connectivity index (χ1n) is 5.16. The van der Waals surface area contributed by atoms with E-state index in [1.165, 1.54) is 23.1 Å². The quantitative estimate of drug-likeness (QED) is 0.866. The van der Waals surface area contributed by atoms with Crippen LogP contribution in [0.5, 0.6) is 0 Å². The van der Waals surface area contributed by atoms with E-state index in [0.717, 1.165) is 12.2 Å². The number of nitrogens with one attached hydrogen (secondary N) is 1. The van der Waals surface area contributed by atoms with Crippen LogP contribution in [0.3, 0.4) is 0 Å².